The highest BCUT2D eigenvalue weighted by Crippen LogP contribution is 2.38. The Morgan fingerprint density at radius 3 is 2.70 bits per heavy atom. The maximum Gasteiger partial charge on any atom is 0.254 e. The number of rotatable bonds is 8. The van der Waals surface area contributed by atoms with Gasteiger partial charge in [-0.15, -0.1) is 0 Å². The molecule has 10 heteroatoms. The largest absolute Gasteiger partial charge is 0.377 e. The van der Waals surface area contributed by atoms with E-state index in [0.717, 1.165) is 51.2 Å². The predicted octanol–water partition coefficient (Wildman–Crippen LogP) is 4.64. The van der Waals surface area contributed by atoms with Crippen molar-refractivity contribution in [3.8, 4) is 11.1 Å². The molecule has 1 amide bonds. The standard InChI is InChI=1S/C33H43F2N5O3/c1-20(2)30(8-6-26-15-36-9-11-43-26)38-16-24(17-38)23-13-28(31-32(35)37-22(4)40(31)18-23)27-7-5-25(34)14-29(27)33(41)39-10-12-42-19-21(39)3/h5,7,13-14,18,20-21,24,26,30,36H,6,8-12,15-17,19H2,1-4H3/t21-,26-,30+/m1/s1. The van der Waals surface area contributed by atoms with Crippen LogP contribution in [0.25, 0.3) is 16.6 Å². The molecule has 3 aliphatic heterocycles. The van der Waals surface area contributed by atoms with Crippen molar-refractivity contribution in [2.75, 3.05) is 52.5 Å². The van der Waals surface area contributed by atoms with E-state index in [1.54, 1.807) is 22.3 Å². The number of amides is 1. The number of benzene rings is 1. The Morgan fingerprint density at radius 1 is 1.16 bits per heavy atom. The zero-order chi connectivity index (χ0) is 30.2. The van der Waals surface area contributed by atoms with E-state index in [1.165, 1.54) is 12.1 Å². The predicted molar refractivity (Wildman–Crippen MR) is 161 cm³/mol. The van der Waals surface area contributed by atoms with Gasteiger partial charge in [-0.1, -0.05) is 19.9 Å². The van der Waals surface area contributed by atoms with Crippen LogP contribution < -0.4 is 5.32 Å². The van der Waals surface area contributed by atoms with E-state index in [9.17, 15) is 9.18 Å². The Kier molecular flexibility index (Phi) is 8.82. The number of aromatic nitrogens is 2. The summed E-state index contributed by atoms with van der Waals surface area (Å²) >= 11 is 0. The first-order valence-electron chi connectivity index (χ1n) is 15.6. The van der Waals surface area contributed by atoms with Crippen molar-refractivity contribution in [1.29, 1.82) is 0 Å². The first-order valence-corrected chi connectivity index (χ1v) is 15.6. The van der Waals surface area contributed by atoms with Crippen molar-refractivity contribution in [3.05, 3.63) is 59.2 Å². The summed E-state index contributed by atoms with van der Waals surface area (Å²) in [5, 5.41) is 3.42. The van der Waals surface area contributed by atoms with Crippen molar-refractivity contribution in [2.45, 2.75) is 64.6 Å². The zero-order valence-corrected chi connectivity index (χ0v) is 25.6. The number of nitrogens with zero attached hydrogens (tertiary/aromatic N) is 4. The van der Waals surface area contributed by atoms with Gasteiger partial charge >= 0.3 is 0 Å². The van der Waals surface area contributed by atoms with E-state index in [2.05, 4.69) is 29.0 Å². The lowest BCUT2D eigenvalue weighted by atomic mass is 9.85. The van der Waals surface area contributed by atoms with Crippen LogP contribution in [0.5, 0.6) is 0 Å². The minimum absolute atomic E-state index is 0.145. The number of aryl methyl sites for hydroxylation is 1. The van der Waals surface area contributed by atoms with Gasteiger partial charge in [0.05, 0.1) is 37.5 Å². The molecule has 1 aromatic carbocycles. The summed E-state index contributed by atoms with van der Waals surface area (Å²) in [5.41, 5.74) is 2.65. The lowest BCUT2D eigenvalue weighted by Gasteiger charge is -2.47. The second-order valence-corrected chi connectivity index (χ2v) is 12.7. The van der Waals surface area contributed by atoms with Crippen molar-refractivity contribution >= 4 is 11.4 Å². The van der Waals surface area contributed by atoms with Crippen molar-refractivity contribution in [2.24, 2.45) is 5.92 Å². The lowest BCUT2D eigenvalue weighted by Crippen LogP contribution is -2.53. The number of hydrogen-bond acceptors (Lipinski definition) is 6. The third kappa shape index (κ3) is 6.07. The monoisotopic (exact) mass is 595 g/mol. The highest BCUT2D eigenvalue weighted by atomic mass is 19.1. The van der Waals surface area contributed by atoms with Gasteiger partial charge in [-0.25, -0.2) is 9.37 Å². The molecule has 3 saturated heterocycles. The quantitative estimate of drug-likeness (QED) is 0.409. The summed E-state index contributed by atoms with van der Waals surface area (Å²) in [6.45, 7) is 13.9. The number of pyridine rings is 1. The Hall–Kier alpha value is -2.92. The molecule has 0 spiro atoms. The van der Waals surface area contributed by atoms with Crippen LogP contribution in [0.15, 0.2) is 30.5 Å². The molecular formula is C33H43F2N5O3. The molecular weight excluding hydrogens is 552 g/mol. The van der Waals surface area contributed by atoms with Gasteiger partial charge in [-0.2, -0.15) is 4.39 Å². The molecule has 3 fully saturated rings. The van der Waals surface area contributed by atoms with Gasteiger partial charge in [0.25, 0.3) is 5.91 Å². The van der Waals surface area contributed by atoms with E-state index < -0.39 is 11.8 Å². The number of fused-ring (bicyclic) bond motifs is 1. The van der Waals surface area contributed by atoms with Gasteiger partial charge in [-0.3, -0.25) is 9.69 Å². The highest BCUT2D eigenvalue weighted by molar-refractivity contribution is 6.03. The molecule has 0 radical (unpaired) electrons. The number of hydrogen-bond donors (Lipinski definition) is 1. The van der Waals surface area contributed by atoms with Crippen LogP contribution in [0.4, 0.5) is 8.78 Å². The van der Waals surface area contributed by atoms with Crippen LogP contribution in [0.2, 0.25) is 0 Å². The molecule has 43 heavy (non-hydrogen) atoms. The molecule has 0 saturated carbocycles. The normalized spacial score (nSPS) is 22.7. The molecule has 8 nitrogen and oxygen atoms in total. The molecule has 2 aromatic heterocycles. The van der Waals surface area contributed by atoms with E-state index in [1.807, 2.05) is 19.2 Å². The molecule has 6 rings (SSSR count). The summed E-state index contributed by atoms with van der Waals surface area (Å²) in [6, 6.07) is 6.50. The number of ether oxygens (including phenoxy) is 2. The first-order chi connectivity index (χ1) is 20.7. The summed E-state index contributed by atoms with van der Waals surface area (Å²) < 4.78 is 43.2. The molecule has 3 atom stereocenters. The second-order valence-electron chi connectivity index (χ2n) is 12.7. The molecule has 0 unspecified atom stereocenters. The zero-order valence-electron chi connectivity index (χ0n) is 25.6. The maximum atomic E-state index is 15.4. The smallest absolute Gasteiger partial charge is 0.254 e. The summed E-state index contributed by atoms with van der Waals surface area (Å²) in [6.07, 6.45) is 4.36. The Morgan fingerprint density at radius 2 is 1.98 bits per heavy atom. The van der Waals surface area contributed by atoms with Crippen molar-refractivity contribution < 1.29 is 23.0 Å². The number of halogens is 2. The van der Waals surface area contributed by atoms with E-state index in [-0.39, 0.29) is 29.5 Å². The minimum Gasteiger partial charge on any atom is -0.377 e. The van der Waals surface area contributed by atoms with Crippen molar-refractivity contribution in [3.63, 3.8) is 0 Å². The Bertz CT molecular complexity index is 1460. The third-order valence-corrected chi connectivity index (χ3v) is 9.43. The fraction of sp³-hybridized carbons (Fsp3) is 0.576. The minimum atomic E-state index is -0.601. The molecule has 232 valence electrons. The van der Waals surface area contributed by atoms with E-state index >= 15 is 4.39 Å². The van der Waals surface area contributed by atoms with Gasteiger partial charge < -0.3 is 24.1 Å². The second kappa shape index (κ2) is 12.6. The van der Waals surface area contributed by atoms with Gasteiger partial charge in [0, 0.05) is 56.4 Å². The number of likely N-dealkylation sites (tertiary alicyclic amines) is 1. The Labute approximate surface area is 252 Å². The Balaban J connectivity index is 1.30. The van der Waals surface area contributed by atoms with Gasteiger partial charge in [0.15, 0.2) is 0 Å². The van der Waals surface area contributed by atoms with Crippen molar-refractivity contribution in [1.82, 2.24) is 24.5 Å². The van der Waals surface area contributed by atoms with Gasteiger partial charge in [0.2, 0.25) is 5.95 Å². The third-order valence-electron chi connectivity index (χ3n) is 9.43. The van der Waals surface area contributed by atoms with Crippen LogP contribution in [-0.4, -0.2) is 95.8 Å². The van der Waals surface area contributed by atoms with Crippen LogP contribution in [0.1, 0.15) is 61.3 Å². The van der Waals surface area contributed by atoms with Crippen LogP contribution >= 0.6 is 0 Å². The van der Waals surface area contributed by atoms with Gasteiger partial charge in [0.1, 0.15) is 17.2 Å². The molecule has 0 bridgehead atoms. The topological polar surface area (TPSA) is 71.3 Å². The van der Waals surface area contributed by atoms with E-state index in [0.29, 0.717) is 54.2 Å². The summed E-state index contributed by atoms with van der Waals surface area (Å²) in [4.78, 5) is 22.2. The fourth-order valence-electron chi connectivity index (χ4n) is 6.96. The number of nitrogens with one attached hydrogen (secondary N) is 1. The molecule has 5 heterocycles. The summed E-state index contributed by atoms with van der Waals surface area (Å²) in [7, 11) is 0. The van der Waals surface area contributed by atoms with E-state index in [4.69, 9.17) is 9.47 Å². The lowest BCUT2D eigenvalue weighted by molar-refractivity contribution is 0.00361. The SMILES string of the molecule is Cc1nc(F)c2c(-c3ccc(F)cc3C(=O)N3CCOC[C@H]3C)cc(C3CN([C@@H](CC[C@@H]4CNCCO4)C(C)C)C3)cn12. The molecule has 0 aliphatic carbocycles. The highest BCUT2D eigenvalue weighted by Gasteiger charge is 2.36. The first kappa shape index (κ1) is 30.1. The average Bonchev–Trinajstić information content (AvgIpc) is 3.26. The number of carbonyl (C=O) groups is 1. The molecule has 3 aromatic rings. The number of carbonyl (C=O) groups excluding carboxylic acids is 1. The van der Waals surface area contributed by atoms with Crippen LogP contribution in [0.3, 0.4) is 0 Å². The molecule has 1 N–H and O–H groups in total. The fourth-order valence-corrected chi connectivity index (χ4v) is 6.96. The number of imidazole rings is 1. The molecule has 3 aliphatic rings. The number of morpholine rings is 2. The maximum absolute atomic E-state index is 15.4. The van der Waals surface area contributed by atoms with Crippen LogP contribution in [0, 0.1) is 24.6 Å². The average molecular weight is 596 g/mol. The summed E-state index contributed by atoms with van der Waals surface area (Å²) in [5.74, 6) is -0.0938. The van der Waals surface area contributed by atoms with Crippen LogP contribution in [-0.2, 0) is 9.47 Å². The van der Waals surface area contributed by atoms with Gasteiger partial charge in [-0.05, 0) is 61.9 Å².